The number of fused-ring (bicyclic) bond motifs is 1. The van der Waals surface area contributed by atoms with Gasteiger partial charge in [-0.15, -0.1) is 0 Å². The molecule has 3 rings (SSSR count). The molecule has 1 aliphatic rings. The number of hydrogen-bond donors (Lipinski definition) is 0. The Hall–Kier alpha value is -2.62. The molecule has 0 N–H and O–H groups in total. The Kier molecular flexibility index (Phi) is 6.28. The zero-order chi connectivity index (χ0) is 19.2. The van der Waals surface area contributed by atoms with Crippen molar-refractivity contribution in [1.82, 2.24) is 9.80 Å². The zero-order valence-corrected chi connectivity index (χ0v) is 16.3. The summed E-state index contributed by atoms with van der Waals surface area (Å²) in [7, 11) is 0. The summed E-state index contributed by atoms with van der Waals surface area (Å²) in [6, 6.07) is 15.4. The molecule has 0 atom stereocenters. The largest absolute Gasteiger partial charge is 0.339 e. The standard InChI is InChI=1S/C23H28N2O2/c1-3-14-24(15-4-2)22(26)19-9-11-20(12-10-19)23(27)25-16-13-18-7-5-6-8-21(18)17-25/h5-12H,3-4,13-17H2,1-2H3. The van der Waals surface area contributed by atoms with Gasteiger partial charge in [-0.25, -0.2) is 0 Å². The van der Waals surface area contributed by atoms with E-state index in [2.05, 4.69) is 26.0 Å². The Labute approximate surface area is 161 Å². The van der Waals surface area contributed by atoms with E-state index < -0.39 is 0 Å². The number of carbonyl (C=O) groups excluding carboxylic acids is 2. The summed E-state index contributed by atoms with van der Waals surface area (Å²) >= 11 is 0. The van der Waals surface area contributed by atoms with Crippen LogP contribution in [0, 0.1) is 0 Å². The number of nitrogens with zero attached hydrogens (tertiary/aromatic N) is 2. The van der Waals surface area contributed by atoms with E-state index in [1.807, 2.05) is 21.9 Å². The van der Waals surface area contributed by atoms with Gasteiger partial charge in [0.15, 0.2) is 0 Å². The molecule has 1 aliphatic heterocycles. The van der Waals surface area contributed by atoms with Crippen LogP contribution in [0.1, 0.15) is 58.5 Å². The van der Waals surface area contributed by atoms with Gasteiger partial charge in [0.05, 0.1) is 0 Å². The van der Waals surface area contributed by atoms with Gasteiger partial charge in [-0.1, -0.05) is 38.1 Å². The molecule has 2 aromatic carbocycles. The summed E-state index contributed by atoms with van der Waals surface area (Å²) in [5, 5.41) is 0. The topological polar surface area (TPSA) is 40.6 Å². The highest BCUT2D eigenvalue weighted by Gasteiger charge is 2.22. The van der Waals surface area contributed by atoms with Crippen LogP contribution in [0.2, 0.25) is 0 Å². The van der Waals surface area contributed by atoms with Crippen molar-refractivity contribution in [3.63, 3.8) is 0 Å². The first-order chi connectivity index (χ1) is 13.1. The van der Waals surface area contributed by atoms with Crippen LogP contribution in [0.25, 0.3) is 0 Å². The van der Waals surface area contributed by atoms with Crippen molar-refractivity contribution in [2.75, 3.05) is 19.6 Å². The molecule has 4 nitrogen and oxygen atoms in total. The monoisotopic (exact) mass is 364 g/mol. The lowest BCUT2D eigenvalue weighted by Gasteiger charge is -2.29. The van der Waals surface area contributed by atoms with E-state index in [9.17, 15) is 9.59 Å². The van der Waals surface area contributed by atoms with Gasteiger partial charge in [0.2, 0.25) is 0 Å². The number of benzene rings is 2. The Balaban J connectivity index is 1.70. The smallest absolute Gasteiger partial charge is 0.254 e. The maximum atomic E-state index is 12.9. The molecule has 142 valence electrons. The van der Waals surface area contributed by atoms with Gasteiger partial charge in [0, 0.05) is 37.3 Å². The first kappa shape index (κ1) is 19.2. The van der Waals surface area contributed by atoms with Crippen LogP contribution in [-0.4, -0.2) is 41.2 Å². The Morgan fingerprint density at radius 2 is 1.48 bits per heavy atom. The molecule has 2 aromatic rings. The fraction of sp³-hybridized carbons (Fsp3) is 0.391. The Morgan fingerprint density at radius 1 is 0.889 bits per heavy atom. The average Bonchev–Trinajstić information content (AvgIpc) is 2.72. The van der Waals surface area contributed by atoms with E-state index in [1.54, 1.807) is 24.3 Å². The molecule has 0 aromatic heterocycles. The average molecular weight is 364 g/mol. The van der Waals surface area contributed by atoms with Crippen molar-refractivity contribution in [2.45, 2.75) is 39.7 Å². The van der Waals surface area contributed by atoms with E-state index in [1.165, 1.54) is 11.1 Å². The Morgan fingerprint density at radius 3 is 2.11 bits per heavy atom. The van der Waals surface area contributed by atoms with Gasteiger partial charge in [0.1, 0.15) is 0 Å². The summed E-state index contributed by atoms with van der Waals surface area (Å²) in [4.78, 5) is 29.3. The zero-order valence-electron chi connectivity index (χ0n) is 16.3. The van der Waals surface area contributed by atoms with Gasteiger partial charge >= 0.3 is 0 Å². The summed E-state index contributed by atoms with van der Waals surface area (Å²) in [5.74, 6) is 0.0760. The van der Waals surface area contributed by atoms with E-state index in [4.69, 9.17) is 0 Å². The minimum atomic E-state index is 0.0301. The second-order valence-corrected chi connectivity index (χ2v) is 7.11. The number of hydrogen-bond acceptors (Lipinski definition) is 2. The molecular weight excluding hydrogens is 336 g/mol. The van der Waals surface area contributed by atoms with Gasteiger partial charge in [-0.2, -0.15) is 0 Å². The molecule has 0 unspecified atom stereocenters. The second-order valence-electron chi connectivity index (χ2n) is 7.11. The van der Waals surface area contributed by atoms with Gasteiger partial charge in [-0.05, 0) is 54.7 Å². The summed E-state index contributed by atoms with van der Waals surface area (Å²) < 4.78 is 0. The van der Waals surface area contributed by atoms with Gasteiger partial charge in [0.25, 0.3) is 11.8 Å². The van der Waals surface area contributed by atoms with Crippen LogP contribution in [0.15, 0.2) is 48.5 Å². The van der Waals surface area contributed by atoms with Crippen LogP contribution in [0.3, 0.4) is 0 Å². The quantitative estimate of drug-likeness (QED) is 0.773. The van der Waals surface area contributed by atoms with E-state index in [0.717, 1.165) is 38.9 Å². The van der Waals surface area contributed by atoms with Crippen molar-refractivity contribution >= 4 is 11.8 Å². The molecule has 0 spiro atoms. The van der Waals surface area contributed by atoms with E-state index in [-0.39, 0.29) is 11.8 Å². The third kappa shape index (κ3) is 4.38. The number of rotatable bonds is 6. The lowest BCUT2D eigenvalue weighted by molar-refractivity contribution is 0.0729. The predicted octanol–water partition coefficient (Wildman–Crippen LogP) is 4.15. The molecule has 0 saturated heterocycles. The first-order valence-electron chi connectivity index (χ1n) is 9.89. The maximum Gasteiger partial charge on any atom is 0.254 e. The molecule has 2 amide bonds. The van der Waals surface area contributed by atoms with Crippen LogP contribution >= 0.6 is 0 Å². The van der Waals surface area contributed by atoms with E-state index in [0.29, 0.717) is 17.7 Å². The number of carbonyl (C=O) groups is 2. The molecule has 27 heavy (non-hydrogen) atoms. The SMILES string of the molecule is CCCN(CCC)C(=O)c1ccc(C(=O)N2CCc3ccccc3C2)cc1. The molecule has 1 heterocycles. The lowest BCUT2D eigenvalue weighted by atomic mass is 9.99. The summed E-state index contributed by atoms with van der Waals surface area (Å²) in [5.41, 5.74) is 3.84. The second kappa shape index (κ2) is 8.85. The fourth-order valence-electron chi connectivity index (χ4n) is 3.64. The number of amides is 2. The molecule has 0 radical (unpaired) electrons. The highest BCUT2D eigenvalue weighted by atomic mass is 16.2. The maximum absolute atomic E-state index is 12.9. The highest BCUT2D eigenvalue weighted by molar-refractivity contribution is 5.98. The molecule has 0 saturated carbocycles. The highest BCUT2D eigenvalue weighted by Crippen LogP contribution is 2.20. The minimum absolute atomic E-state index is 0.0301. The predicted molar refractivity (Wildman–Crippen MR) is 108 cm³/mol. The summed E-state index contributed by atoms with van der Waals surface area (Å²) in [6.07, 6.45) is 2.78. The Bertz CT molecular complexity index is 792. The van der Waals surface area contributed by atoms with Crippen LogP contribution in [0.4, 0.5) is 0 Å². The summed E-state index contributed by atoms with van der Waals surface area (Å²) in [6.45, 7) is 7.07. The van der Waals surface area contributed by atoms with Gasteiger partial charge in [-0.3, -0.25) is 9.59 Å². The first-order valence-corrected chi connectivity index (χ1v) is 9.89. The van der Waals surface area contributed by atoms with Crippen molar-refractivity contribution in [3.05, 3.63) is 70.8 Å². The molecule has 0 fully saturated rings. The fourth-order valence-corrected chi connectivity index (χ4v) is 3.64. The van der Waals surface area contributed by atoms with Crippen LogP contribution in [-0.2, 0) is 13.0 Å². The molecule has 0 bridgehead atoms. The van der Waals surface area contributed by atoms with Gasteiger partial charge < -0.3 is 9.80 Å². The van der Waals surface area contributed by atoms with Crippen molar-refractivity contribution in [2.24, 2.45) is 0 Å². The van der Waals surface area contributed by atoms with Crippen molar-refractivity contribution < 1.29 is 9.59 Å². The van der Waals surface area contributed by atoms with Crippen molar-refractivity contribution in [3.8, 4) is 0 Å². The minimum Gasteiger partial charge on any atom is -0.339 e. The van der Waals surface area contributed by atoms with Crippen LogP contribution < -0.4 is 0 Å². The normalized spacial score (nSPS) is 13.2. The third-order valence-corrected chi connectivity index (χ3v) is 5.07. The lowest BCUT2D eigenvalue weighted by Crippen LogP contribution is -2.36. The molecule has 0 aliphatic carbocycles. The van der Waals surface area contributed by atoms with E-state index >= 15 is 0 Å². The van der Waals surface area contributed by atoms with Crippen molar-refractivity contribution in [1.29, 1.82) is 0 Å². The van der Waals surface area contributed by atoms with Crippen LogP contribution in [0.5, 0.6) is 0 Å². The molecular formula is C23H28N2O2. The third-order valence-electron chi connectivity index (χ3n) is 5.07. The molecule has 4 heteroatoms.